The van der Waals surface area contributed by atoms with Gasteiger partial charge in [-0.25, -0.2) is 9.18 Å². The summed E-state index contributed by atoms with van der Waals surface area (Å²) in [6.07, 6.45) is 4.36. The van der Waals surface area contributed by atoms with Crippen molar-refractivity contribution in [3.05, 3.63) is 118 Å². The van der Waals surface area contributed by atoms with Crippen molar-refractivity contribution in [2.45, 2.75) is 51.5 Å². The smallest absolute Gasteiger partial charge is 0.338 e. The molecule has 1 aliphatic rings. The number of halogens is 1. The van der Waals surface area contributed by atoms with Gasteiger partial charge >= 0.3 is 5.97 Å². The Morgan fingerprint density at radius 1 is 1.03 bits per heavy atom. The molecule has 3 atom stereocenters. The molecule has 0 radical (unpaired) electrons. The van der Waals surface area contributed by atoms with Crippen LogP contribution in [0, 0.1) is 18.7 Å². The Morgan fingerprint density at radius 2 is 1.79 bits per heavy atom. The van der Waals surface area contributed by atoms with Crippen LogP contribution < -0.4 is 5.32 Å². The Bertz CT molecular complexity index is 1450. The fourth-order valence-electron chi connectivity index (χ4n) is 6.12. The van der Waals surface area contributed by atoms with Crippen LogP contribution in [0.15, 0.2) is 78.9 Å². The van der Waals surface area contributed by atoms with Gasteiger partial charge in [-0.05, 0) is 97.3 Å². The molecule has 3 nitrogen and oxygen atoms in total. The normalized spacial score (nSPS) is 17.7. The van der Waals surface area contributed by atoms with E-state index in [2.05, 4.69) is 42.6 Å². The highest BCUT2D eigenvalue weighted by Crippen LogP contribution is 2.41. The lowest BCUT2D eigenvalue weighted by atomic mass is 9.72. The Kier molecular flexibility index (Phi) is 7.90. The lowest BCUT2D eigenvalue weighted by Crippen LogP contribution is -2.23. The second kappa shape index (κ2) is 11.5. The number of hydrogen-bond acceptors (Lipinski definition) is 3. The maximum Gasteiger partial charge on any atom is 0.338 e. The highest BCUT2D eigenvalue weighted by Gasteiger charge is 2.28. The number of benzene rings is 4. The molecule has 0 saturated carbocycles. The van der Waals surface area contributed by atoms with Crippen LogP contribution in [-0.4, -0.2) is 19.6 Å². The summed E-state index contributed by atoms with van der Waals surface area (Å²) in [5, 5.41) is 5.32. The fourth-order valence-corrected chi connectivity index (χ4v) is 6.12. The molecule has 0 amide bonds. The molecule has 1 unspecified atom stereocenters. The SMILES string of the molecule is COC(=O)c1cc(C2C[C@H](CCCN[C@H](C)c3ccc(F)c4ccccc34)Cc3ccccc32)ccc1C. The summed E-state index contributed by atoms with van der Waals surface area (Å²) in [6, 6.07) is 26.3. The standard InChI is InChI=1S/C34H36FNO2/c1-22-14-15-26(21-31(22)34(37)38-3)32-20-24(19-25-10-4-5-11-28(25)32)9-8-18-36-23(2)27-16-17-33(35)30-13-7-6-12-29(27)30/h4-7,10-17,21,23-24,32,36H,8-9,18-20H2,1-3H3/t23-,24-,32?/m1/s1. The monoisotopic (exact) mass is 509 g/mol. The summed E-state index contributed by atoms with van der Waals surface area (Å²) in [7, 11) is 1.44. The molecule has 38 heavy (non-hydrogen) atoms. The number of fused-ring (bicyclic) bond motifs is 2. The van der Waals surface area contributed by atoms with Crippen LogP contribution in [-0.2, 0) is 11.2 Å². The van der Waals surface area contributed by atoms with Crippen molar-refractivity contribution in [1.82, 2.24) is 5.32 Å². The molecule has 1 aliphatic carbocycles. The number of aryl methyl sites for hydroxylation is 1. The molecule has 196 valence electrons. The predicted octanol–water partition coefficient (Wildman–Crippen LogP) is 7.90. The Balaban J connectivity index is 1.26. The zero-order valence-electron chi connectivity index (χ0n) is 22.5. The number of carbonyl (C=O) groups excluding carboxylic acids is 1. The van der Waals surface area contributed by atoms with E-state index in [1.165, 1.54) is 23.8 Å². The van der Waals surface area contributed by atoms with Crippen molar-refractivity contribution in [2.24, 2.45) is 5.92 Å². The lowest BCUT2D eigenvalue weighted by molar-refractivity contribution is 0.0599. The number of esters is 1. The third-order valence-corrected chi connectivity index (χ3v) is 8.19. The van der Waals surface area contributed by atoms with E-state index in [-0.39, 0.29) is 23.7 Å². The van der Waals surface area contributed by atoms with Crippen molar-refractivity contribution in [1.29, 1.82) is 0 Å². The molecule has 4 aromatic carbocycles. The van der Waals surface area contributed by atoms with E-state index in [9.17, 15) is 9.18 Å². The molecule has 5 rings (SSSR count). The van der Waals surface area contributed by atoms with E-state index < -0.39 is 0 Å². The molecule has 4 aromatic rings. The molecule has 0 spiro atoms. The van der Waals surface area contributed by atoms with Crippen molar-refractivity contribution in [3.63, 3.8) is 0 Å². The van der Waals surface area contributed by atoms with Crippen LogP contribution in [0.5, 0.6) is 0 Å². The van der Waals surface area contributed by atoms with Crippen molar-refractivity contribution in [3.8, 4) is 0 Å². The van der Waals surface area contributed by atoms with E-state index in [0.717, 1.165) is 48.7 Å². The van der Waals surface area contributed by atoms with Gasteiger partial charge in [0, 0.05) is 17.3 Å². The Morgan fingerprint density at radius 3 is 2.61 bits per heavy atom. The van der Waals surface area contributed by atoms with Crippen molar-refractivity contribution in [2.75, 3.05) is 13.7 Å². The van der Waals surface area contributed by atoms with Gasteiger partial charge in [0.1, 0.15) is 5.82 Å². The third-order valence-electron chi connectivity index (χ3n) is 8.19. The highest BCUT2D eigenvalue weighted by atomic mass is 19.1. The first kappa shape index (κ1) is 26.1. The van der Waals surface area contributed by atoms with Gasteiger partial charge in [0.2, 0.25) is 0 Å². The lowest BCUT2D eigenvalue weighted by Gasteiger charge is -2.32. The van der Waals surface area contributed by atoms with Gasteiger partial charge in [-0.2, -0.15) is 0 Å². The van der Waals surface area contributed by atoms with Crippen LogP contribution in [0.25, 0.3) is 10.8 Å². The fraction of sp³-hybridized carbons (Fsp3) is 0.324. The van der Waals surface area contributed by atoms with E-state index in [1.807, 2.05) is 49.4 Å². The zero-order valence-corrected chi connectivity index (χ0v) is 22.5. The molecule has 0 saturated heterocycles. The first-order chi connectivity index (χ1) is 18.5. The minimum atomic E-state index is -0.279. The zero-order chi connectivity index (χ0) is 26.6. The second-order valence-electron chi connectivity index (χ2n) is 10.6. The Labute approximate surface area is 225 Å². The highest BCUT2D eigenvalue weighted by molar-refractivity contribution is 5.91. The van der Waals surface area contributed by atoms with Crippen LogP contribution in [0.4, 0.5) is 4.39 Å². The first-order valence-electron chi connectivity index (χ1n) is 13.6. The van der Waals surface area contributed by atoms with Crippen LogP contribution in [0.2, 0.25) is 0 Å². The molecule has 4 heteroatoms. The third kappa shape index (κ3) is 5.37. The minimum absolute atomic E-state index is 0.143. The van der Waals surface area contributed by atoms with E-state index >= 15 is 0 Å². The van der Waals surface area contributed by atoms with E-state index in [4.69, 9.17) is 4.74 Å². The number of nitrogens with one attached hydrogen (secondary N) is 1. The molecule has 0 fully saturated rings. The average molecular weight is 510 g/mol. The number of hydrogen-bond donors (Lipinski definition) is 1. The largest absolute Gasteiger partial charge is 0.465 e. The number of rotatable bonds is 8. The summed E-state index contributed by atoms with van der Waals surface area (Å²) >= 11 is 0. The molecule has 0 heterocycles. The van der Waals surface area contributed by atoms with Gasteiger partial charge in [0.05, 0.1) is 12.7 Å². The van der Waals surface area contributed by atoms with E-state index in [1.54, 1.807) is 6.07 Å². The summed E-state index contributed by atoms with van der Waals surface area (Å²) in [4.78, 5) is 12.4. The van der Waals surface area contributed by atoms with E-state index in [0.29, 0.717) is 16.9 Å². The molecule has 0 aliphatic heterocycles. The van der Waals surface area contributed by atoms with Gasteiger partial charge in [0.25, 0.3) is 0 Å². The van der Waals surface area contributed by atoms with Gasteiger partial charge in [-0.1, -0.05) is 66.7 Å². The van der Waals surface area contributed by atoms with Gasteiger partial charge < -0.3 is 10.1 Å². The summed E-state index contributed by atoms with van der Waals surface area (Å²) in [5.74, 6) is 0.392. The van der Waals surface area contributed by atoms with Crippen LogP contribution in [0.1, 0.15) is 76.3 Å². The van der Waals surface area contributed by atoms with Gasteiger partial charge in [-0.15, -0.1) is 0 Å². The molecule has 1 N–H and O–H groups in total. The molecular weight excluding hydrogens is 473 g/mol. The number of carbonyl (C=O) groups is 1. The Hall–Kier alpha value is -3.50. The summed E-state index contributed by atoms with van der Waals surface area (Å²) in [5.41, 5.74) is 6.69. The van der Waals surface area contributed by atoms with Crippen LogP contribution >= 0.6 is 0 Å². The minimum Gasteiger partial charge on any atom is -0.465 e. The second-order valence-corrected chi connectivity index (χ2v) is 10.6. The van der Waals surface area contributed by atoms with Crippen molar-refractivity contribution < 1.29 is 13.9 Å². The maximum absolute atomic E-state index is 14.3. The topological polar surface area (TPSA) is 38.3 Å². The first-order valence-corrected chi connectivity index (χ1v) is 13.6. The molecule has 0 aromatic heterocycles. The summed E-state index contributed by atoms with van der Waals surface area (Å²) < 4.78 is 19.3. The van der Waals surface area contributed by atoms with Gasteiger partial charge in [-0.3, -0.25) is 0 Å². The molecular formula is C34H36FNO2. The number of methoxy groups -OCH3 is 1. The maximum atomic E-state index is 14.3. The predicted molar refractivity (Wildman–Crippen MR) is 152 cm³/mol. The van der Waals surface area contributed by atoms with Crippen molar-refractivity contribution >= 4 is 16.7 Å². The quantitative estimate of drug-likeness (QED) is 0.194. The summed E-state index contributed by atoms with van der Waals surface area (Å²) in [6.45, 7) is 5.02. The average Bonchev–Trinajstić information content (AvgIpc) is 2.95. The van der Waals surface area contributed by atoms with Gasteiger partial charge in [0.15, 0.2) is 0 Å². The number of ether oxygens (including phenoxy) is 1. The molecule has 0 bridgehead atoms. The van der Waals surface area contributed by atoms with Crippen LogP contribution in [0.3, 0.4) is 0 Å².